The van der Waals surface area contributed by atoms with Gasteiger partial charge in [-0.1, -0.05) is 23.7 Å². The summed E-state index contributed by atoms with van der Waals surface area (Å²) in [6.07, 6.45) is 0. The molecule has 0 unspecified atom stereocenters. The van der Waals surface area contributed by atoms with E-state index in [1.807, 2.05) is 25.1 Å². The number of methoxy groups -OCH3 is 1. The maximum atomic E-state index is 9.13. The second-order valence-electron chi connectivity index (χ2n) is 4.08. The smallest absolute Gasteiger partial charge is 0.139 e. The molecule has 0 aromatic heterocycles. The van der Waals surface area contributed by atoms with Crippen LogP contribution in [0.15, 0.2) is 36.4 Å². The number of anilines is 2. The summed E-state index contributed by atoms with van der Waals surface area (Å²) in [6.45, 7) is 1.95. The Bertz CT molecular complexity index is 647. The molecule has 0 aliphatic rings. The first-order valence-corrected chi connectivity index (χ1v) is 6.13. The average molecular weight is 273 g/mol. The Morgan fingerprint density at radius 3 is 2.74 bits per heavy atom. The van der Waals surface area contributed by atoms with Crippen LogP contribution in [0.3, 0.4) is 0 Å². The predicted octanol–water partition coefficient (Wildman–Crippen LogP) is 4.27. The fourth-order valence-corrected chi connectivity index (χ4v) is 2.00. The summed E-state index contributed by atoms with van der Waals surface area (Å²) >= 11 is 5.98. The fourth-order valence-electron chi connectivity index (χ4n) is 1.81. The van der Waals surface area contributed by atoms with E-state index < -0.39 is 0 Å². The highest BCUT2D eigenvalue weighted by molar-refractivity contribution is 6.32. The van der Waals surface area contributed by atoms with Crippen LogP contribution in [0.2, 0.25) is 5.02 Å². The molecule has 2 rings (SSSR count). The van der Waals surface area contributed by atoms with Crippen LogP contribution in [0, 0.1) is 18.3 Å². The van der Waals surface area contributed by atoms with Gasteiger partial charge in [-0.15, -0.1) is 0 Å². The first kappa shape index (κ1) is 13.3. The number of para-hydroxylation sites is 1. The number of ether oxygens (including phenoxy) is 1. The van der Waals surface area contributed by atoms with Gasteiger partial charge in [0.15, 0.2) is 0 Å². The van der Waals surface area contributed by atoms with Gasteiger partial charge in [0, 0.05) is 11.8 Å². The lowest BCUT2D eigenvalue weighted by Gasteiger charge is -2.12. The van der Waals surface area contributed by atoms with Gasteiger partial charge in [0.2, 0.25) is 0 Å². The van der Waals surface area contributed by atoms with Crippen LogP contribution in [-0.4, -0.2) is 7.11 Å². The molecule has 2 aromatic rings. The Hall–Kier alpha value is -2.18. The van der Waals surface area contributed by atoms with Gasteiger partial charge in [0.05, 0.1) is 23.4 Å². The van der Waals surface area contributed by atoms with Gasteiger partial charge in [-0.3, -0.25) is 0 Å². The van der Waals surface area contributed by atoms with Crippen LogP contribution in [0.4, 0.5) is 11.4 Å². The van der Waals surface area contributed by atoms with E-state index in [9.17, 15) is 0 Å². The molecule has 19 heavy (non-hydrogen) atoms. The van der Waals surface area contributed by atoms with E-state index in [1.54, 1.807) is 25.3 Å². The molecule has 96 valence electrons. The molecule has 0 radical (unpaired) electrons. The van der Waals surface area contributed by atoms with Crippen LogP contribution in [0.5, 0.6) is 5.75 Å². The molecule has 0 amide bonds. The van der Waals surface area contributed by atoms with Crippen molar-refractivity contribution < 1.29 is 4.74 Å². The minimum atomic E-state index is 0.554. The molecule has 0 saturated carbocycles. The highest BCUT2D eigenvalue weighted by atomic mass is 35.5. The van der Waals surface area contributed by atoms with Crippen LogP contribution in [0.25, 0.3) is 0 Å². The Morgan fingerprint density at radius 1 is 1.26 bits per heavy atom. The average Bonchev–Trinajstić information content (AvgIpc) is 2.43. The molecule has 0 fully saturated rings. The predicted molar refractivity (Wildman–Crippen MR) is 77.2 cm³/mol. The van der Waals surface area contributed by atoms with E-state index in [2.05, 4.69) is 11.4 Å². The molecule has 0 bridgehead atoms. The molecule has 0 aliphatic heterocycles. The third-order valence-electron chi connectivity index (χ3n) is 2.81. The van der Waals surface area contributed by atoms with E-state index in [1.165, 1.54) is 0 Å². The first-order chi connectivity index (χ1) is 9.15. The van der Waals surface area contributed by atoms with Crippen molar-refractivity contribution in [3.05, 3.63) is 52.5 Å². The van der Waals surface area contributed by atoms with Crippen molar-refractivity contribution in [3.8, 4) is 11.8 Å². The van der Waals surface area contributed by atoms with Crippen molar-refractivity contribution in [1.29, 1.82) is 5.26 Å². The number of benzene rings is 2. The van der Waals surface area contributed by atoms with Gasteiger partial charge in [0.1, 0.15) is 11.8 Å². The Kier molecular flexibility index (Phi) is 3.94. The molecule has 4 heteroatoms. The zero-order chi connectivity index (χ0) is 13.8. The summed E-state index contributed by atoms with van der Waals surface area (Å²) in [4.78, 5) is 0. The second-order valence-corrected chi connectivity index (χ2v) is 4.49. The van der Waals surface area contributed by atoms with Gasteiger partial charge in [-0.2, -0.15) is 5.26 Å². The number of nitriles is 1. The molecule has 3 nitrogen and oxygen atoms in total. The van der Waals surface area contributed by atoms with E-state index in [0.717, 1.165) is 16.9 Å². The Labute approximate surface area is 117 Å². The van der Waals surface area contributed by atoms with Crippen LogP contribution >= 0.6 is 11.6 Å². The summed E-state index contributed by atoms with van der Waals surface area (Å²) in [6, 6.07) is 13.2. The van der Waals surface area contributed by atoms with Crippen LogP contribution in [0.1, 0.15) is 11.1 Å². The molecule has 0 heterocycles. The molecule has 0 aliphatic carbocycles. The maximum absolute atomic E-state index is 9.13. The molecular formula is C15H13ClN2O. The number of rotatable bonds is 3. The standard InChI is InChI=1S/C15H13ClN2O/c1-10-4-3-5-11(9-17)15(10)18-12-6-7-13(16)14(8-12)19-2/h3-8,18H,1-2H3. The number of nitrogens with zero attached hydrogens (tertiary/aromatic N) is 1. The number of hydrogen-bond donors (Lipinski definition) is 1. The zero-order valence-electron chi connectivity index (χ0n) is 10.7. The van der Waals surface area contributed by atoms with Gasteiger partial charge in [-0.25, -0.2) is 0 Å². The zero-order valence-corrected chi connectivity index (χ0v) is 11.5. The molecule has 0 spiro atoms. The lowest BCUT2D eigenvalue weighted by atomic mass is 10.1. The number of hydrogen-bond acceptors (Lipinski definition) is 3. The van der Waals surface area contributed by atoms with Crippen molar-refractivity contribution in [2.24, 2.45) is 0 Å². The molecule has 2 aromatic carbocycles. The van der Waals surface area contributed by atoms with Crippen molar-refractivity contribution in [2.75, 3.05) is 12.4 Å². The normalized spacial score (nSPS) is 9.79. The van der Waals surface area contributed by atoms with E-state index in [4.69, 9.17) is 21.6 Å². The molecule has 0 saturated heterocycles. The monoisotopic (exact) mass is 272 g/mol. The number of aryl methyl sites for hydroxylation is 1. The maximum Gasteiger partial charge on any atom is 0.139 e. The molecule has 0 atom stereocenters. The highest BCUT2D eigenvalue weighted by Crippen LogP contribution is 2.30. The minimum absolute atomic E-state index is 0.554. The van der Waals surface area contributed by atoms with Gasteiger partial charge < -0.3 is 10.1 Å². The van der Waals surface area contributed by atoms with Crippen LogP contribution < -0.4 is 10.1 Å². The van der Waals surface area contributed by atoms with Crippen molar-refractivity contribution >= 4 is 23.0 Å². The Morgan fingerprint density at radius 2 is 2.05 bits per heavy atom. The lowest BCUT2D eigenvalue weighted by molar-refractivity contribution is 0.415. The summed E-state index contributed by atoms with van der Waals surface area (Å²) in [5.74, 6) is 0.596. The summed E-state index contributed by atoms with van der Waals surface area (Å²) < 4.78 is 5.17. The Balaban J connectivity index is 2.39. The number of halogens is 1. The third kappa shape index (κ3) is 2.81. The highest BCUT2D eigenvalue weighted by Gasteiger charge is 2.07. The summed E-state index contributed by atoms with van der Waals surface area (Å²) in [5.41, 5.74) is 3.24. The fraction of sp³-hybridized carbons (Fsp3) is 0.133. The van der Waals surface area contributed by atoms with Crippen molar-refractivity contribution in [1.82, 2.24) is 0 Å². The van der Waals surface area contributed by atoms with E-state index in [-0.39, 0.29) is 0 Å². The lowest BCUT2D eigenvalue weighted by Crippen LogP contribution is -1.97. The van der Waals surface area contributed by atoms with Gasteiger partial charge >= 0.3 is 0 Å². The third-order valence-corrected chi connectivity index (χ3v) is 3.13. The topological polar surface area (TPSA) is 45.0 Å². The second kappa shape index (κ2) is 5.64. The quantitative estimate of drug-likeness (QED) is 0.907. The van der Waals surface area contributed by atoms with Crippen molar-refractivity contribution in [2.45, 2.75) is 6.92 Å². The van der Waals surface area contributed by atoms with Gasteiger partial charge in [0.25, 0.3) is 0 Å². The SMILES string of the molecule is COc1cc(Nc2c(C)cccc2C#N)ccc1Cl. The molecule has 1 N–H and O–H groups in total. The van der Waals surface area contributed by atoms with Crippen molar-refractivity contribution in [3.63, 3.8) is 0 Å². The van der Waals surface area contributed by atoms with E-state index >= 15 is 0 Å². The summed E-state index contributed by atoms with van der Waals surface area (Å²) in [7, 11) is 1.57. The number of nitrogens with one attached hydrogen (secondary N) is 1. The molecular weight excluding hydrogens is 260 g/mol. The van der Waals surface area contributed by atoms with Crippen LogP contribution in [-0.2, 0) is 0 Å². The minimum Gasteiger partial charge on any atom is -0.495 e. The summed E-state index contributed by atoms with van der Waals surface area (Å²) in [5, 5.41) is 12.9. The van der Waals surface area contributed by atoms with E-state index in [0.29, 0.717) is 16.3 Å². The largest absolute Gasteiger partial charge is 0.495 e. The van der Waals surface area contributed by atoms with Gasteiger partial charge in [-0.05, 0) is 30.7 Å². The first-order valence-electron chi connectivity index (χ1n) is 5.76.